The highest BCUT2D eigenvalue weighted by Crippen LogP contribution is 2.24. The summed E-state index contributed by atoms with van der Waals surface area (Å²) in [6.45, 7) is 1.79. The molecular formula is C19H16FN3O2. The summed E-state index contributed by atoms with van der Waals surface area (Å²) in [5.74, 6) is 0.410. The number of carbonyl (C=O) groups is 1. The van der Waals surface area contributed by atoms with Crippen LogP contribution in [0.5, 0.6) is 11.5 Å². The van der Waals surface area contributed by atoms with E-state index in [0.717, 1.165) is 5.56 Å². The number of ether oxygens (including phenoxy) is 1. The first-order valence-electron chi connectivity index (χ1n) is 7.59. The van der Waals surface area contributed by atoms with Crippen LogP contribution in [0.15, 0.2) is 60.8 Å². The van der Waals surface area contributed by atoms with Gasteiger partial charge in [-0.05, 0) is 55.0 Å². The number of rotatable bonds is 4. The average molecular weight is 337 g/mol. The minimum absolute atomic E-state index is 0.184. The molecule has 0 spiro atoms. The second-order valence-electron chi connectivity index (χ2n) is 5.43. The topological polar surface area (TPSA) is 77.2 Å². The molecule has 0 fully saturated rings. The van der Waals surface area contributed by atoms with Crippen LogP contribution in [0.2, 0.25) is 0 Å². The number of aromatic nitrogens is 1. The largest absolute Gasteiger partial charge is 0.457 e. The zero-order valence-electron chi connectivity index (χ0n) is 13.5. The van der Waals surface area contributed by atoms with Gasteiger partial charge in [-0.15, -0.1) is 0 Å². The van der Waals surface area contributed by atoms with Crippen molar-refractivity contribution in [1.29, 1.82) is 0 Å². The average Bonchev–Trinajstić information content (AvgIpc) is 2.56. The van der Waals surface area contributed by atoms with Gasteiger partial charge in [-0.3, -0.25) is 4.79 Å². The summed E-state index contributed by atoms with van der Waals surface area (Å²) in [5.41, 5.74) is 7.45. The number of benzene rings is 2. The number of pyridine rings is 1. The Labute approximate surface area is 144 Å². The fourth-order valence-corrected chi connectivity index (χ4v) is 2.34. The SMILES string of the molecule is Cc1ccnc(N)c1C(=O)Nc1ccc(Oc2cccc(F)c2)cc1. The molecule has 0 unspecified atom stereocenters. The maximum absolute atomic E-state index is 13.2. The summed E-state index contributed by atoms with van der Waals surface area (Å²) in [6, 6.07) is 14.3. The molecule has 0 aliphatic carbocycles. The molecule has 0 atom stereocenters. The first-order chi connectivity index (χ1) is 12.0. The van der Waals surface area contributed by atoms with E-state index >= 15 is 0 Å². The Morgan fingerprint density at radius 2 is 1.88 bits per heavy atom. The molecule has 5 nitrogen and oxygen atoms in total. The number of nitrogens with two attached hydrogens (primary N) is 1. The summed E-state index contributed by atoms with van der Waals surface area (Å²) in [6.07, 6.45) is 1.56. The summed E-state index contributed by atoms with van der Waals surface area (Å²) in [7, 11) is 0. The van der Waals surface area contributed by atoms with E-state index < -0.39 is 0 Å². The number of aryl methyl sites for hydroxylation is 1. The van der Waals surface area contributed by atoms with Crippen molar-refractivity contribution >= 4 is 17.4 Å². The van der Waals surface area contributed by atoms with E-state index in [4.69, 9.17) is 10.5 Å². The predicted molar refractivity (Wildman–Crippen MR) is 94.3 cm³/mol. The van der Waals surface area contributed by atoms with E-state index in [0.29, 0.717) is 22.7 Å². The first kappa shape index (κ1) is 16.4. The van der Waals surface area contributed by atoms with Gasteiger partial charge in [0.25, 0.3) is 5.91 Å². The Balaban J connectivity index is 1.71. The molecule has 3 aromatic rings. The lowest BCUT2D eigenvalue weighted by Gasteiger charge is -2.10. The number of nitrogen functional groups attached to an aromatic ring is 1. The molecule has 2 aromatic carbocycles. The molecule has 1 heterocycles. The Morgan fingerprint density at radius 3 is 2.56 bits per heavy atom. The minimum Gasteiger partial charge on any atom is -0.457 e. The van der Waals surface area contributed by atoms with Gasteiger partial charge in [0.05, 0.1) is 5.56 Å². The molecule has 0 aliphatic rings. The molecule has 0 aliphatic heterocycles. The minimum atomic E-state index is -0.370. The third-order valence-electron chi connectivity index (χ3n) is 3.56. The van der Waals surface area contributed by atoms with Crippen LogP contribution in [0, 0.1) is 12.7 Å². The van der Waals surface area contributed by atoms with Crippen LogP contribution in [0.1, 0.15) is 15.9 Å². The van der Waals surface area contributed by atoms with Gasteiger partial charge in [0.15, 0.2) is 0 Å². The number of hydrogen-bond donors (Lipinski definition) is 2. The predicted octanol–water partition coefficient (Wildman–Crippen LogP) is 4.16. The van der Waals surface area contributed by atoms with Crippen molar-refractivity contribution in [3.63, 3.8) is 0 Å². The standard InChI is InChI=1S/C19H16FN3O2/c1-12-9-10-22-18(21)17(12)19(24)23-14-5-7-15(8-6-14)25-16-4-2-3-13(20)11-16/h2-11H,1H3,(H2,21,22)(H,23,24). The van der Waals surface area contributed by atoms with Crippen LogP contribution >= 0.6 is 0 Å². The maximum atomic E-state index is 13.2. The molecule has 25 heavy (non-hydrogen) atoms. The number of halogens is 1. The first-order valence-corrected chi connectivity index (χ1v) is 7.59. The molecule has 6 heteroatoms. The second-order valence-corrected chi connectivity index (χ2v) is 5.43. The fourth-order valence-electron chi connectivity index (χ4n) is 2.34. The van der Waals surface area contributed by atoms with Crippen LogP contribution in [0.3, 0.4) is 0 Å². The summed E-state index contributed by atoms with van der Waals surface area (Å²) in [4.78, 5) is 16.3. The monoisotopic (exact) mass is 337 g/mol. The third kappa shape index (κ3) is 3.92. The Bertz CT molecular complexity index is 891. The number of nitrogens with zero attached hydrogens (tertiary/aromatic N) is 1. The van der Waals surface area contributed by atoms with Gasteiger partial charge in [0.2, 0.25) is 0 Å². The molecule has 126 valence electrons. The van der Waals surface area contributed by atoms with E-state index in [1.165, 1.54) is 12.1 Å². The Kier molecular flexibility index (Phi) is 4.61. The van der Waals surface area contributed by atoms with E-state index in [-0.39, 0.29) is 17.5 Å². The molecule has 0 radical (unpaired) electrons. The molecule has 0 saturated heterocycles. The molecule has 1 aromatic heterocycles. The van der Waals surface area contributed by atoms with Gasteiger partial charge >= 0.3 is 0 Å². The smallest absolute Gasteiger partial charge is 0.259 e. The van der Waals surface area contributed by atoms with Crippen molar-refractivity contribution in [2.45, 2.75) is 6.92 Å². The molecule has 0 bridgehead atoms. The van der Waals surface area contributed by atoms with Crippen LogP contribution in [-0.2, 0) is 0 Å². The number of hydrogen-bond acceptors (Lipinski definition) is 4. The van der Waals surface area contributed by atoms with Gasteiger partial charge in [-0.25, -0.2) is 9.37 Å². The number of amides is 1. The highest BCUT2D eigenvalue weighted by molar-refractivity contribution is 6.08. The third-order valence-corrected chi connectivity index (χ3v) is 3.56. The number of anilines is 2. The van der Waals surface area contributed by atoms with Gasteiger partial charge < -0.3 is 15.8 Å². The van der Waals surface area contributed by atoms with Crippen molar-refractivity contribution < 1.29 is 13.9 Å². The van der Waals surface area contributed by atoms with Crippen molar-refractivity contribution in [2.75, 3.05) is 11.1 Å². The zero-order valence-corrected chi connectivity index (χ0v) is 13.5. The van der Waals surface area contributed by atoms with Crippen LogP contribution < -0.4 is 15.8 Å². The quantitative estimate of drug-likeness (QED) is 0.749. The van der Waals surface area contributed by atoms with Gasteiger partial charge in [-0.1, -0.05) is 6.07 Å². The lowest BCUT2D eigenvalue weighted by Crippen LogP contribution is -2.16. The fraction of sp³-hybridized carbons (Fsp3) is 0.0526. The van der Waals surface area contributed by atoms with E-state index in [1.807, 2.05) is 0 Å². The van der Waals surface area contributed by atoms with Gasteiger partial charge in [0, 0.05) is 18.0 Å². The lowest BCUT2D eigenvalue weighted by molar-refractivity contribution is 0.102. The second kappa shape index (κ2) is 7.00. The number of carbonyl (C=O) groups excluding carboxylic acids is 1. The number of nitrogens with one attached hydrogen (secondary N) is 1. The van der Waals surface area contributed by atoms with Crippen molar-refractivity contribution in [1.82, 2.24) is 4.98 Å². The molecular weight excluding hydrogens is 321 g/mol. The lowest BCUT2D eigenvalue weighted by atomic mass is 10.1. The van der Waals surface area contributed by atoms with Gasteiger partial charge in [-0.2, -0.15) is 0 Å². The summed E-state index contributed by atoms with van der Waals surface area (Å²) < 4.78 is 18.7. The highest BCUT2D eigenvalue weighted by atomic mass is 19.1. The normalized spacial score (nSPS) is 10.3. The summed E-state index contributed by atoms with van der Waals surface area (Å²) >= 11 is 0. The van der Waals surface area contributed by atoms with E-state index in [9.17, 15) is 9.18 Å². The van der Waals surface area contributed by atoms with Crippen LogP contribution in [0.25, 0.3) is 0 Å². The Morgan fingerprint density at radius 1 is 1.12 bits per heavy atom. The molecule has 3 rings (SSSR count). The highest BCUT2D eigenvalue weighted by Gasteiger charge is 2.13. The van der Waals surface area contributed by atoms with Gasteiger partial charge in [0.1, 0.15) is 23.1 Å². The summed E-state index contributed by atoms with van der Waals surface area (Å²) in [5, 5.41) is 2.77. The van der Waals surface area contributed by atoms with Crippen molar-refractivity contribution in [3.8, 4) is 11.5 Å². The Hall–Kier alpha value is -3.41. The van der Waals surface area contributed by atoms with Crippen molar-refractivity contribution in [3.05, 3.63) is 77.7 Å². The van der Waals surface area contributed by atoms with E-state index in [1.54, 1.807) is 55.6 Å². The molecule has 1 amide bonds. The molecule has 3 N–H and O–H groups in total. The maximum Gasteiger partial charge on any atom is 0.259 e. The zero-order chi connectivity index (χ0) is 17.8. The van der Waals surface area contributed by atoms with E-state index in [2.05, 4.69) is 10.3 Å². The molecule has 0 saturated carbocycles. The van der Waals surface area contributed by atoms with Crippen LogP contribution in [-0.4, -0.2) is 10.9 Å². The van der Waals surface area contributed by atoms with Crippen LogP contribution in [0.4, 0.5) is 15.9 Å². The van der Waals surface area contributed by atoms with Crippen molar-refractivity contribution in [2.24, 2.45) is 0 Å².